The van der Waals surface area contributed by atoms with Gasteiger partial charge in [0.2, 0.25) is 0 Å². The predicted octanol–water partition coefficient (Wildman–Crippen LogP) is 4.69. The number of thiophene rings is 1. The molecule has 128 valence electrons. The number of para-hydroxylation sites is 1. The van der Waals surface area contributed by atoms with E-state index in [2.05, 4.69) is 10.5 Å². The molecule has 1 heterocycles. The zero-order valence-corrected chi connectivity index (χ0v) is 15.2. The number of aromatic hydroxyl groups is 1. The lowest BCUT2D eigenvalue weighted by atomic mass is 10.2. The van der Waals surface area contributed by atoms with Crippen molar-refractivity contribution in [3.8, 4) is 11.5 Å². The van der Waals surface area contributed by atoms with Crippen LogP contribution in [0.25, 0.3) is 10.1 Å². The standard InChI is InChI=1S/C17H12Cl2N2O3S/c1-24-12-4-2-3-9(15(12)22)8-20-21-17(23)16-14(19)11-6-5-10(18)7-13(11)25-16/h2-8,22H,1H3,(H,21,23)/b20-8+. The number of hydrazone groups is 1. The maximum Gasteiger partial charge on any atom is 0.283 e. The van der Waals surface area contributed by atoms with Crippen molar-refractivity contribution < 1.29 is 14.6 Å². The molecule has 0 atom stereocenters. The first kappa shape index (κ1) is 17.5. The SMILES string of the molecule is COc1cccc(/C=N/NC(=O)c2sc3cc(Cl)ccc3c2Cl)c1O. The quantitative estimate of drug-likeness (QED) is 0.498. The third kappa shape index (κ3) is 3.56. The van der Waals surface area contributed by atoms with Crippen molar-refractivity contribution in [3.05, 3.63) is 56.9 Å². The molecule has 0 saturated carbocycles. The Hall–Kier alpha value is -2.28. The first-order chi connectivity index (χ1) is 12.0. The first-order valence-electron chi connectivity index (χ1n) is 7.08. The zero-order valence-electron chi connectivity index (χ0n) is 12.9. The van der Waals surface area contributed by atoms with Crippen molar-refractivity contribution in [1.29, 1.82) is 0 Å². The zero-order chi connectivity index (χ0) is 18.0. The highest BCUT2D eigenvalue weighted by atomic mass is 35.5. The first-order valence-corrected chi connectivity index (χ1v) is 8.65. The van der Waals surface area contributed by atoms with Crippen molar-refractivity contribution in [1.82, 2.24) is 5.43 Å². The van der Waals surface area contributed by atoms with E-state index in [1.807, 2.05) is 0 Å². The van der Waals surface area contributed by atoms with Crippen molar-refractivity contribution in [2.45, 2.75) is 0 Å². The Morgan fingerprint density at radius 3 is 2.88 bits per heavy atom. The number of carbonyl (C=O) groups is 1. The molecule has 0 spiro atoms. The number of hydrogen-bond donors (Lipinski definition) is 2. The number of nitrogens with one attached hydrogen (secondary N) is 1. The van der Waals surface area contributed by atoms with Crippen LogP contribution in [-0.4, -0.2) is 24.3 Å². The molecule has 0 aliphatic carbocycles. The molecule has 1 amide bonds. The molecule has 8 heteroatoms. The number of hydrogen-bond acceptors (Lipinski definition) is 5. The molecule has 2 N–H and O–H groups in total. The molecular weight excluding hydrogens is 383 g/mol. The van der Waals surface area contributed by atoms with Crippen molar-refractivity contribution in [3.63, 3.8) is 0 Å². The minimum Gasteiger partial charge on any atom is -0.504 e. The number of phenolic OH excluding ortho intramolecular Hbond substituents is 1. The van der Waals surface area contributed by atoms with Gasteiger partial charge in [-0.05, 0) is 24.3 Å². The fourth-order valence-electron chi connectivity index (χ4n) is 2.20. The number of fused-ring (bicyclic) bond motifs is 1. The number of phenols is 1. The van der Waals surface area contributed by atoms with Crippen LogP contribution in [0, 0.1) is 0 Å². The van der Waals surface area contributed by atoms with Gasteiger partial charge in [0.25, 0.3) is 5.91 Å². The van der Waals surface area contributed by atoms with Gasteiger partial charge in [-0.15, -0.1) is 11.3 Å². The molecule has 5 nitrogen and oxygen atoms in total. The molecule has 3 rings (SSSR count). The Morgan fingerprint density at radius 2 is 2.12 bits per heavy atom. The smallest absolute Gasteiger partial charge is 0.283 e. The van der Waals surface area contributed by atoms with Gasteiger partial charge in [-0.25, -0.2) is 5.43 Å². The fraction of sp³-hybridized carbons (Fsp3) is 0.0588. The maximum atomic E-state index is 12.3. The minimum atomic E-state index is -0.444. The summed E-state index contributed by atoms with van der Waals surface area (Å²) >= 11 is 13.4. The van der Waals surface area contributed by atoms with Gasteiger partial charge in [-0.1, -0.05) is 35.3 Å². The Labute approximate surface area is 157 Å². The van der Waals surface area contributed by atoms with E-state index < -0.39 is 5.91 Å². The minimum absolute atomic E-state index is 0.0578. The summed E-state index contributed by atoms with van der Waals surface area (Å²) < 4.78 is 5.83. The summed E-state index contributed by atoms with van der Waals surface area (Å²) in [5.74, 6) is -0.182. The van der Waals surface area contributed by atoms with Gasteiger partial charge >= 0.3 is 0 Å². The summed E-state index contributed by atoms with van der Waals surface area (Å²) in [5.41, 5.74) is 2.81. The van der Waals surface area contributed by atoms with Gasteiger partial charge in [0.1, 0.15) is 4.88 Å². The lowest BCUT2D eigenvalue weighted by molar-refractivity contribution is 0.0959. The highest BCUT2D eigenvalue weighted by Gasteiger charge is 2.17. The van der Waals surface area contributed by atoms with Crippen molar-refractivity contribution >= 4 is 56.7 Å². The van der Waals surface area contributed by atoms with Gasteiger partial charge in [0.15, 0.2) is 11.5 Å². The second-order valence-corrected chi connectivity index (χ2v) is 6.85. The molecule has 25 heavy (non-hydrogen) atoms. The molecule has 0 bridgehead atoms. The summed E-state index contributed by atoms with van der Waals surface area (Å²) in [5, 5.41) is 15.5. The normalized spacial score (nSPS) is 11.2. The second-order valence-electron chi connectivity index (χ2n) is 4.98. The Morgan fingerprint density at radius 1 is 1.32 bits per heavy atom. The van der Waals surface area contributed by atoms with Gasteiger partial charge in [-0.3, -0.25) is 4.79 Å². The third-order valence-electron chi connectivity index (χ3n) is 3.42. The Bertz CT molecular complexity index is 985. The third-order valence-corrected chi connectivity index (χ3v) is 5.31. The molecule has 0 aliphatic rings. The van der Waals surface area contributed by atoms with Gasteiger partial charge in [0, 0.05) is 20.7 Å². The summed E-state index contributed by atoms with van der Waals surface area (Å²) in [7, 11) is 1.45. The van der Waals surface area contributed by atoms with Crippen molar-refractivity contribution in [2.24, 2.45) is 5.10 Å². The maximum absolute atomic E-state index is 12.3. The largest absolute Gasteiger partial charge is 0.504 e. The van der Waals surface area contributed by atoms with E-state index in [1.165, 1.54) is 24.7 Å². The average Bonchev–Trinajstić information content (AvgIpc) is 2.92. The number of benzene rings is 2. The van der Waals surface area contributed by atoms with E-state index in [0.29, 0.717) is 26.2 Å². The van der Waals surface area contributed by atoms with Crippen LogP contribution in [0.4, 0.5) is 0 Å². The highest BCUT2D eigenvalue weighted by molar-refractivity contribution is 7.21. The van der Waals surface area contributed by atoms with Crippen LogP contribution in [-0.2, 0) is 0 Å². The average molecular weight is 395 g/mol. The molecule has 3 aromatic rings. The number of nitrogens with zero attached hydrogens (tertiary/aromatic N) is 1. The van der Waals surface area contributed by atoms with E-state index in [-0.39, 0.29) is 5.75 Å². The van der Waals surface area contributed by atoms with Crippen LogP contribution < -0.4 is 10.2 Å². The fourth-order valence-corrected chi connectivity index (χ4v) is 3.89. The lowest BCUT2D eigenvalue weighted by Gasteiger charge is -2.04. The van der Waals surface area contributed by atoms with Crippen LogP contribution in [0.2, 0.25) is 10.0 Å². The van der Waals surface area contributed by atoms with Crippen molar-refractivity contribution in [2.75, 3.05) is 7.11 Å². The van der Waals surface area contributed by atoms with Crippen LogP contribution in [0.3, 0.4) is 0 Å². The number of methoxy groups -OCH3 is 1. The molecule has 0 aliphatic heterocycles. The molecule has 0 radical (unpaired) electrons. The van der Waals surface area contributed by atoms with Crippen LogP contribution >= 0.6 is 34.5 Å². The van der Waals surface area contributed by atoms with Crippen LogP contribution in [0.1, 0.15) is 15.2 Å². The van der Waals surface area contributed by atoms with Gasteiger partial charge in [0.05, 0.1) is 18.3 Å². The number of amides is 1. The number of ether oxygens (including phenoxy) is 1. The summed E-state index contributed by atoms with van der Waals surface area (Å²) in [4.78, 5) is 12.6. The van der Waals surface area contributed by atoms with E-state index in [4.69, 9.17) is 27.9 Å². The van der Waals surface area contributed by atoms with Crippen LogP contribution in [0.15, 0.2) is 41.5 Å². The molecular formula is C17H12Cl2N2O3S. The van der Waals surface area contributed by atoms with E-state index in [0.717, 1.165) is 10.1 Å². The van der Waals surface area contributed by atoms with E-state index in [9.17, 15) is 9.90 Å². The predicted molar refractivity (Wildman–Crippen MR) is 102 cm³/mol. The summed E-state index contributed by atoms with van der Waals surface area (Å²) in [6, 6.07) is 10.2. The number of halogens is 2. The molecule has 1 aromatic heterocycles. The molecule has 0 saturated heterocycles. The highest BCUT2D eigenvalue weighted by Crippen LogP contribution is 2.36. The Balaban J connectivity index is 1.80. The number of rotatable bonds is 4. The monoisotopic (exact) mass is 394 g/mol. The number of carbonyl (C=O) groups excluding carboxylic acids is 1. The van der Waals surface area contributed by atoms with Gasteiger partial charge < -0.3 is 9.84 Å². The molecule has 0 fully saturated rings. The topological polar surface area (TPSA) is 70.9 Å². The van der Waals surface area contributed by atoms with Crippen LogP contribution in [0.5, 0.6) is 11.5 Å². The Kier molecular flexibility index (Phi) is 5.13. The van der Waals surface area contributed by atoms with E-state index in [1.54, 1.807) is 36.4 Å². The molecule has 0 unspecified atom stereocenters. The molecule has 2 aromatic carbocycles. The van der Waals surface area contributed by atoms with Gasteiger partial charge in [-0.2, -0.15) is 5.10 Å². The lowest BCUT2D eigenvalue weighted by Crippen LogP contribution is -2.16. The summed E-state index contributed by atoms with van der Waals surface area (Å²) in [6.07, 6.45) is 1.33. The summed E-state index contributed by atoms with van der Waals surface area (Å²) in [6.45, 7) is 0. The second kappa shape index (κ2) is 7.31. The van der Waals surface area contributed by atoms with E-state index >= 15 is 0 Å².